The largest absolute Gasteiger partial charge is 0.393 e. The Labute approximate surface area is 81.0 Å². The highest BCUT2D eigenvalue weighted by molar-refractivity contribution is 4.92. The Morgan fingerprint density at radius 2 is 2.00 bits per heavy atom. The minimum absolute atomic E-state index is 0.0831. The summed E-state index contributed by atoms with van der Waals surface area (Å²) in [6, 6.07) is 0. The van der Waals surface area contributed by atoms with Crippen molar-refractivity contribution in [2.45, 2.75) is 45.6 Å². The van der Waals surface area contributed by atoms with Crippen LogP contribution in [0.3, 0.4) is 0 Å². The molecule has 1 rings (SSSR count). The second kappa shape index (κ2) is 3.97. The quantitative estimate of drug-likeness (QED) is 0.690. The Morgan fingerprint density at radius 1 is 1.38 bits per heavy atom. The van der Waals surface area contributed by atoms with Crippen molar-refractivity contribution in [3.8, 4) is 0 Å². The van der Waals surface area contributed by atoms with Crippen molar-refractivity contribution in [2.24, 2.45) is 17.8 Å². The van der Waals surface area contributed by atoms with Gasteiger partial charge < -0.3 is 10.2 Å². The molecule has 0 radical (unpaired) electrons. The summed E-state index contributed by atoms with van der Waals surface area (Å²) in [5.74, 6) is 1.28. The molecule has 0 heterocycles. The van der Waals surface area contributed by atoms with Crippen molar-refractivity contribution in [1.82, 2.24) is 0 Å². The van der Waals surface area contributed by atoms with Crippen LogP contribution in [-0.4, -0.2) is 22.4 Å². The van der Waals surface area contributed by atoms with Crippen molar-refractivity contribution in [3.63, 3.8) is 0 Å². The summed E-state index contributed by atoms with van der Waals surface area (Å²) < 4.78 is 0. The summed E-state index contributed by atoms with van der Waals surface area (Å²) in [6.45, 7) is 6.32. The van der Waals surface area contributed by atoms with Crippen LogP contribution in [0.2, 0.25) is 0 Å². The third kappa shape index (κ3) is 2.23. The van der Waals surface area contributed by atoms with Gasteiger partial charge in [-0.1, -0.05) is 27.2 Å². The molecule has 1 fully saturated rings. The molecule has 0 unspecified atom stereocenters. The fraction of sp³-hybridized carbons (Fsp3) is 1.00. The Bertz CT molecular complexity index is 167. The predicted molar refractivity (Wildman–Crippen MR) is 53.4 cm³/mol. The SMILES string of the molecule is CC(C)[C@@H]1CC[C@@H](C)C[C@@]1(O)CO. The fourth-order valence-electron chi connectivity index (χ4n) is 2.73. The molecule has 78 valence electrons. The van der Waals surface area contributed by atoms with E-state index < -0.39 is 5.60 Å². The number of aliphatic hydroxyl groups excluding tert-OH is 1. The third-order valence-electron chi connectivity index (χ3n) is 3.44. The Morgan fingerprint density at radius 3 is 2.46 bits per heavy atom. The average molecular weight is 186 g/mol. The third-order valence-corrected chi connectivity index (χ3v) is 3.44. The van der Waals surface area contributed by atoms with E-state index in [0.29, 0.717) is 11.8 Å². The van der Waals surface area contributed by atoms with E-state index in [-0.39, 0.29) is 12.5 Å². The van der Waals surface area contributed by atoms with Gasteiger partial charge in [0.15, 0.2) is 0 Å². The van der Waals surface area contributed by atoms with Gasteiger partial charge in [0.1, 0.15) is 0 Å². The fourth-order valence-corrected chi connectivity index (χ4v) is 2.73. The minimum atomic E-state index is -0.814. The van der Waals surface area contributed by atoms with Gasteiger partial charge >= 0.3 is 0 Å². The maximum Gasteiger partial charge on any atom is 0.0910 e. The van der Waals surface area contributed by atoms with Gasteiger partial charge in [-0.15, -0.1) is 0 Å². The standard InChI is InChI=1S/C11H22O2/c1-8(2)10-5-4-9(3)6-11(10,13)7-12/h8-10,12-13H,4-7H2,1-3H3/t9-,10+,11-/m1/s1. The number of aliphatic hydroxyl groups is 2. The summed E-state index contributed by atoms with van der Waals surface area (Å²) in [5, 5.41) is 19.5. The lowest BCUT2D eigenvalue weighted by molar-refractivity contribution is -0.111. The first-order valence-electron chi connectivity index (χ1n) is 5.33. The minimum Gasteiger partial charge on any atom is -0.393 e. The van der Waals surface area contributed by atoms with Gasteiger partial charge in [-0.3, -0.25) is 0 Å². The van der Waals surface area contributed by atoms with E-state index >= 15 is 0 Å². The molecule has 3 atom stereocenters. The molecule has 0 aromatic rings. The van der Waals surface area contributed by atoms with Crippen LogP contribution >= 0.6 is 0 Å². The molecule has 2 nitrogen and oxygen atoms in total. The summed E-state index contributed by atoms with van der Waals surface area (Å²) >= 11 is 0. The van der Waals surface area contributed by atoms with E-state index in [0.717, 1.165) is 12.8 Å². The molecule has 13 heavy (non-hydrogen) atoms. The van der Waals surface area contributed by atoms with E-state index in [2.05, 4.69) is 20.8 Å². The average Bonchev–Trinajstić information content (AvgIpc) is 2.03. The predicted octanol–water partition coefficient (Wildman–Crippen LogP) is 1.80. The smallest absolute Gasteiger partial charge is 0.0910 e. The number of rotatable bonds is 2. The Kier molecular flexibility index (Phi) is 3.36. The van der Waals surface area contributed by atoms with Crippen molar-refractivity contribution in [1.29, 1.82) is 0 Å². The maximum atomic E-state index is 10.2. The van der Waals surface area contributed by atoms with Gasteiger partial charge in [-0.2, -0.15) is 0 Å². The van der Waals surface area contributed by atoms with Gasteiger partial charge in [-0.25, -0.2) is 0 Å². The molecule has 1 saturated carbocycles. The van der Waals surface area contributed by atoms with Crippen LogP contribution in [0.5, 0.6) is 0 Å². The zero-order valence-electron chi connectivity index (χ0n) is 8.95. The van der Waals surface area contributed by atoms with E-state index in [1.165, 1.54) is 6.42 Å². The first-order valence-corrected chi connectivity index (χ1v) is 5.33. The van der Waals surface area contributed by atoms with Crippen LogP contribution in [0.25, 0.3) is 0 Å². The molecule has 0 bridgehead atoms. The Balaban J connectivity index is 2.72. The lowest BCUT2D eigenvalue weighted by Gasteiger charge is -2.43. The molecule has 1 aliphatic carbocycles. The zero-order valence-corrected chi connectivity index (χ0v) is 8.95. The molecule has 0 spiro atoms. The lowest BCUT2D eigenvalue weighted by atomic mass is 9.67. The van der Waals surface area contributed by atoms with Crippen LogP contribution in [0, 0.1) is 17.8 Å². The van der Waals surface area contributed by atoms with Gasteiger partial charge in [0.2, 0.25) is 0 Å². The first-order chi connectivity index (χ1) is 5.99. The van der Waals surface area contributed by atoms with Crippen LogP contribution < -0.4 is 0 Å². The van der Waals surface area contributed by atoms with Crippen molar-refractivity contribution in [3.05, 3.63) is 0 Å². The number of hydrogen-bond donors (Lipinski definition) is 2. The number of hydrogen-bond acceptors (Lipinski definition) is 2. The summed E-state index contributed by atoms with van der Waals surface area (Å²) in [7, 11) is 0. The second-order valence-electron chi connectivity index (χ2n) is 5.00. The summed E-state index contributed by atoms with van der Waals surface area (Å²) in [5.41, 5.74) is -0.814. The van der Waals surface area contributed by atoms with Crippen molar-refractivity contribution >= 4 is 0 Å². The van der Waals surface area contributed by atoms with Crippen molar-refractivity contribution < 1.29 is 10.2 Å². The summed E-state index contributed by atoms with van der Waals surface area (Å²) in [4.78, 5) is 0. The van der Waals surface area contributed by atoms with Gasteiger partial charge in [0, 0.05) is 0 Å². The molecular weight excluding hydrogens is 164 g/mol. The topological polar surface area (TPSA) is 40.5 Å². The van der Waals surface area contributed by atoms with Gasteiger partial charge in [0.25, 0.3) is 0 Å². The van der Waals surface area contributed by atoms with E-state index in [4.69, 9.17) is 0 Å². The van der Waals surface area contributed by atoms with Gasteiger partial charge in [0.05, 0.1) is 12.2 Å². The molecule has 0 saturated heterocycles. The zero-order chi connectivity index (χ0) is 10.1. The molecule has 0 aromatic carbocycles. The first kappa shape index (κ1) is 11.0. The molecule has 0 amide bonds. The Hall–Kier alpha value is -0.0800. The van der Waals surface area contributed by atoms with Crippen LogP contribution in [0.15, 0.2) is 0 Å². The maximum absolute atomic E-state index is 10.2. The molecule has 0 aliphatic heterocycles. The van der Waals surface area contributed by atoms with E-state index in [9.17, 15) is 10.2 Å². The lowest BCUT2D eigenvalue weighted by Crippen LogP contribution is -2.48. The molecule has 1 aliphatic rings. The van der Waals surface area contributed by atoms with E-state index in [1.54, 1.807) is 0 Å². The molecule has 2 heteroatoms. The molecule has 0 aromatic heterocycles. The van der Waals surface area contributed by atoms with Crippen LogP contribution in [0.4, 0.5) is 0 Å². The van der Waals surface area contributed by atoms with Crippen molar-refractivity contribution in [2.75, 3.05) is 6.61 Å². The highest BCUT2D eigenvalue weighted by atomic mass is 16.3. The highest BCUT2D eigenvalue weighted by Crippen LogP contribution is 2.40. The highest BCUT2D eigenvalue weighted by Gasteiger charge is 2.42. The molecular formula is C11H22O2. The van der Waals surface area contributed by atoms with Gasteiger partial charge in [-0.05, 0) is 30.6 Å². The second-order valence-corrected chi connectivity index (χ2v) is 5.00. The van der Waals surface area contributed by atoms with E-state index in [1.807, 2.05) is 0 Å². The summed E-state index contributed by atoms with van der Waals surface area (Å²) in [6.07, 6.45) is 2.99. The molecule has 2 N–H and O–H groups in total. The van der Waals surface area contributed by atoms with Crippen LogP contribution in [-0.2, 0) is 0 Å². The van der Waals surface area contributed by atoms with Crippen LogP contribution in [0.1, 0.15) is 40.0 Å². The normalized spacial score (nSPS) is 41.1. The monoisotopic (exact) mass is 186 g/mol.